The van der Waals surface area contributed by atoms with Gasteiger partial charge in [0.25, 0.3) is 0 Å². The molecule has 21 heavy (non-hydrogen) atoms. The molecule has 1 heterocycles. The molecule has 0 aliphatic heterocycles. The Morgan fingerprint density at radius 3 is 2.71 bits per heavy atom. The summed E-state index contributed by atoms with van der Waals surface area (Å²) in [4.78, 5) is 15.8. The summed E-state index contributed by atoms with van der Waals surface area (Å²) in [6.45, 7) is 1.96. The zero-order chi connectivity index (χ0) is 15.4. The number of nitrogen functional groups attached to an aromatic ring is 1. The number of anilines is 3. The zero-order valence-electron chi connectivity index (χ0n) is 12.1. The topological polar surface area (TPSA) is 86.5 Å². The Balaban J connectivity index is 2.41. The van der Waals surface area contributed by atoms with Crippen molar-refractivity contribution in [2.45, 2.75) is 6.92 Å². The van der Waals surface area contributed by atoms with E-state index in [1.807, 2.05) is 25.1 Å². The molecule has 0 atom stereocenters. The van der Waals surface area contributed by atoms with Gasteiger partial charge in [-0.05, 0) is 30.7 Å². The summed E-state index contributed by atoms with van der Waals surface area (Å²) in [7, 11) is 2.89. The van der Waals surface area contributed by atoms with Crippen molar-refractivity contribution in [2.24, 2.45) is 0 Å². The van der Waals surface area contributed by atoms with Crippen molar-refractivity contribution in [3.63, 3.8) is 0 Å². The monoisotopic (exact) mass is 287 g/mol. The van der Waals surface area contributed by atoms with E-state index >= 15 is 0 Å². The van der Waals surface area contributed by atoms with Crippen LogP contribution in [0.5, 0.6) is 5.75 Å². The van der Waals surface area contributed by atoms with Crippen molar-refractivity contribution < 1.29 is 14.3 Å². The maximum absolute atomic E-state index is 11.6. The largest absolute Gasteiger partial charge is 0.495 e. The number of aryl methyl sites for hydroxylation is 1. The molecule has 0 amide bonds. The number of carbonyl (C=O) groups excluding carboxylic acids is 1. The van der Waals surface area contributed by atoms with Crippen molar-refractivity contribution in [1.82, 2.24) is 4.98 Å². The Hall–Kier alpha value is -2.76. The second-order valence-corrected chi connectivity index (χ2v) is 4.44. The third kappa shape index (κ3) is 3.05. The maximum Gasteiger partial charge on any atom is 0.340 e. The summed E-state index contributed by atoms with van der Waals surface area (Å²) in [6.07, 6.45) is 1.49. The van der Waals surface area contributed by atoms with Crippen molar-refractivity contribution >= 4 is 23.2 Å². The Labute approximate surface area is 122 Å². The smallest absolute Gasteiger partial charge is 0.340 e. The second-order valence-electron chi connectivity index (χ2n) is 4.44. The van der Waals surface area contributed by atoms with E-state index in [1.165, 1.54) is 19.4 Å². The third-order valence-corrected chi connectivity index (χ3v) is 3.00. The molecule has 2 aromatic rings. The van der Waals surface area contributed by atoms with Crippen LogP contribution >= 0.6 is 0 Å². The molecule has 0 aliphatic rings. The number of benzene rings is 1. The van der Waals surface area contributed by atoms with E-state index in [1.54, 1.807) is 7.11 Å². The summed E-state index contributed by atoms with van der Waals surface area (Å²) in [5.41, 5.74) is 8.24. The van der Waals surface area contributed by atoms with E-state index in [0.29, 0.717) is 11.6 Å². The highest BCUT2D eigenvalue weighted by molar-refractivity contribution is 5.98. The number of hydrogen-bond donors (Lipinski definition) is 2. The number of esters is 1. The highest BCUT2D eigenvalue weighted by Gasteiger charge is 2.15. The lowest BCUT2D eigenvalue weighted by Crippen LogP contribution is -2.09. The number of nitrogens with two attached hydrogens (primary N) is 1. The van der Waals surface area contributed by atoms with E-state index < -0.39 is 5.97 Å². The van der Waals surface area contributed by atoms with Crippen LogP contribution in [0, 0.1) is 6.92 Å². The van der Waals surface area contributed by atoms with E-state index in [2.05, 4.69) is 15.0 Å². The van der Waals surface area contributed by atoms with Gasteiger partial charge < -0.3 is 20.5 Å². The third-order valence-electron chi connectivity index (χ3n) is 3.00. The summed E-state index contributed by atoms with van der Waals surface area (Å²) in [6, 6.07) is 7.20. The summed E-state index contributed by atoms with van der Waals surface area (Å²) >= 11 is 0. The van der Waals surface area contributed by atoms with E-state index in [9.17, 15) is 4.79 Å². The average Bonchev–Trinajstić information content (AvgIpc) is 2.49. The van der Waals surface area contributed by atoms with Crippen LogP contribution in [0.4, 0.5) is 17.2 Å². The first-order valence-electron chi connectivity index (χ1n) is 6.31. The number of pyridine rings is 1. The molecule has 110 valence electrons. The fourth-order valence-corrected chi connectivity index (χ4v) is 1.91. The highest BCUT2D eigenvalue weighted by atomic mass is 16.5. The number of hydrogen-bond acceptors (Lipinski definition) is 6. The van der Waals surface area contributed by atoms with Crippen molar-refractivity contribution in [3.05, 3.63) is 41.6 Å². The normalized spacial score (nSPS) is 10.0. The molecule has 0 fully saturated rings. The van der Waals surface area contributed by atoms with Gasteiger partial charge in [-0.25, -0.2) is 9.78 Å². The van der Waals surface area contributed by atoms with Gasteiger partial charge in [0.1, 0.15) is 5.75 Å². The van der Waals surface area contributed by atoms with Gasteiger partial charge in [-0.15, -0.1) is 0 Å². The average molecular weight is 287 g/mol. The van der Waals surface area contributed by atoms with Gasteiger partial charge in [-0.3, -0.25) is 0 Å². The van der Waals surface area contributed by atoms with Crippen LogP contribution in [0.3, 0.4) is 0 Å². The van der Waals surface area contributed by atoms with Crippen molar-refractivity contribution in [1.29, 1.82) is 0 Å². The lowest BCUT2D eigenvalue weighted by Gasteiger charge is -2.14. The number of nitrogens with one attached hydrogen (secondary N) is 1. The predicted octanol–water partition coefficient (Wildman–Crippen LogP) is 2.51. The summed E-state index contributed by atoms with van der Waals surface area (Å²) in [5.74, 6) is 0.529. The van der Waals surface area contributed by atoms with E-state index in [-0.39, 0.29) is 11.3 Å². The van der Waals surface area contributed by atoms with Crippen molar-refractivity contribution in [2.75, 3.05) is 25.3 Å². The number of carbonyl (C=O) groups is 1. The van der Waals surface area contributed by atoms with Crippen LogP contribution in [-0.2, 0) is 4.74 Å². The predicted molar refractivity (Wildman–Crippen MR) is 81.0 cm³/mol. The zero-order valence-corrected chi connectivity index (χ0v) is 12.1. The first-order chi connectivity index (χ1) is 10.1. The molecule has 6 heteroatoms. The molecule has 6 nitrogen and oxygen atoms in total. The van der Waals surface area contributed by atoms with Gasteiger partial charge in [0.2, 0.25) is 0 Å². The maximum atomic E-state index is 11.6. The van der Waals surface area contributed by atoms with Gasteiger partial charge in [-0.1, -0.05) is 6.07 Å². The minimum Gasteiger partial charge on any atom is -0.495 e. The Kier molecular flexibility index (Phi) is 4.27. The Bertz CT molecular complexity index is 671. The fraction of sp³-hybridized carbons (Fsp3) is 0.200. The van der Waals surface area contributed by atoms with Gasteiger partial charge in [0.05, 0.1) is 31.2 Å². The molecular weight excluding hydrogens is 270 g/mol. The molecule has 2 rings (SSSR count). The fourth-order valence-electron chi connectivity index (χ4n) is 1.91. The van der Waals surface area contributed by atoms with Gasteiger partial charge in [0, 0.05) is 6.20 Å². The van der Waals surface area contributed by atoms with Crippen LogP contribution in [-0.4, -0.2) is 25.2 Å². The Morgan fingerprint density at radius 1 is 1.29 bits per heavy atom. The summed E-state index contributed by atoms with van der Waals surface area (Å²) < 4.78 is 9.98. The van der Waals surface area contributed by atoms with Gasteiger partial charge >= 0.3 is 5.97 Å². The molecule has 1 aromatic heterocycles. The van der Waals surface area contributed by atoms with E-state index in [0.717, 1.165) is 11.3 Å². The molecule has 0 bridgehead atoms. The molecule has 3 N–H and O–H groups in total. The molecule has 0 saturated carbocycles. The summed E-state index contributed by atoms with van der Waals surface area (Å²) in [5, 5.41) is 3.08. The van der Waals surface area contributed by atoms with Gasteiger partial charge in [0.15, 0.2) is 5.82 Å². The van der Waals surface area contributed by atoms with Gasteiger partial charge in [-0.2, -0.15) is 0 Å². The minimum atomic E-state index is -0.505. The van der Waals surface area contributed by atoms with Crippen LogP contribution in [0.2, 0.25) is 0 Å². The lowest BCUT2D eigenvalue weighted by molar-refractivity contribution is 0.0602. The molecule has 0 radical (unpaired) electrons. The SMILES string of the molecule is COC(=O)c1ccnc(Nc2cc(C)ccc2OC)c1N. The molecule has 0 aliphatic carbocycles. The number of methoxy groups -OCH3 is 2. The van der Waals surface area contributed by atoms with E-state index in [4.69, 9.17) is 10.5 Å². The first-order valence-corrected chi connectivity index (χ1v) is 6.31. The quantitative estimate of drug-likeness (QED) is 0.840. The minimum absolute atomic E-state index is 0.230. The Morgan fingerprint density at radius 2 is 2.05 bits per heavy atom. The lowest BCUT2D eigenvalue weighted by atomic mass is 10.2. The highest BCUT2D eigenvalue weighted by Crippen LogP contribution is 2.31. The molecule has 0 spiro atoms. The van der Waals surface area contributed by atoms with Crippen LogP contribution in [0.1, 0.15) is 15.9 Å². The standard InChI is InChI=1S/C15H17N3O3/c1-9-4-5-12(20-2)11(8-9)18-14-13(16)10(6-7-17-14)15(19)21-3/h4-8H,16H2,1-3H3,(H,17,18). The van der Waals surface area contributed by atoms with Crippen LogP contribution in [0.15, 0.2) is 30.5 Å². The van der Waals surface area contributed by atoms with Crippen LogP contribution in [0.25, 0.3) is 0 Å². The molecule has 0 saturated heterocycles. The molecular formula is C15H17N3O3. The van der Waals surface area contributed by atoms with Crippen molar-refractivity contribution in [3.8, 4) is 5.75 Å². The number of ether oxygens (including phenoxy) is 2. The molecule has 1 aromatic carbocycles. The number of nitrogens with zero attached hydrogens (tertiary/aromatic N) is 1. The first kappa shape index (κ1) is 14.6. The molecule has 0 unspecified atom stereocenters. The number of aromatic nitrogens is 1. The number of rotatable bonds is 4. The van der Waals surface area contributed by atoms with Crippen LogP contribution < -0.4 is 15.8 Å². The second kappa shape index (κ2) is 6.13.